The Morgan fingerprint density at radius 3 is 2.46 bits per heavy atom. The predicted octanol–water partition coefficient (Wildman–Crippen LogP) is 1.22. The molecule has 0 bridgehead atoms. The zero-order chi connectivity index (χ0) is 18.7. The number of hydrogen-bond donors (Lipinski definition) is 0. The fraction of sp³-hybridized carbons (Fsp3) is 0.294. The van der Waals surface area contributed by atoms with Crippen LogP contribution < -0.4 is 10.6 Å². The molecular weight excluding hydrogens is 352 g/mol. The summed E-state index contributed by atoms with van der Waals surface area (Å²) < 4.78 is 2.27. The van der Waals surface area contributed by atoms with Crippen LogP contribution in [0.15, 0.2) is 46.6 Å². The Hall–Kier alpha value is -2.94. The highest BCUT2D eigenvalue weighted by Gasteiger charge is 2.15. The fourth-order valence-electron chi connectivity index (χ4n) is 2.41. The molecule has 1 aromatic carbocycles. The van der Waals surface area contributed by atoms with Crippen molar-refractivity contribution in [2.24, 2.45) is 0 Å². The van der Waals surface area contributed by atoms with Gasteiger partial charge in [-0.3, -0.25) is 4.79 Å². The Labute approximate surface area is 154 Å². The van der Waals surface area contributed by atoms with Gasteiger partial charge in [0.25, 0.3) is 0 Å². The van der Waals surface area contributed by atoms with E-state index in [4.69, 9.17) is 0 Å². The molecule has 0 radical (unpaired) electrons. The van der Waals surface area contributed by atoms with E-state index in [1.54, 1.807) is 18.0 Å². The van der Waals surface area contributed by atoms with Gasteiger partial charge in [0.1, 0.15) is 11.5 Å². The van der Waals surface area contributed by atoms with Gasteiger partial charge in [0, 0.05) is 33.4 Å². The van der Waals surface area contributed by atoms with E-state index in [-0.39, 0.29) is 12.5 Å². The fourth-order valence-corrected chi connectivity index (χ4v) is 3.08. The number of anilines is 1. The summed E-state index contributed by atoms with van der Waals surface area (Å²) in [5.41, 5.74) is 1.69. The second kappa shape index (κ2) is 7.52. The van der Waals surface area contributed by atoms with Crippen LogP contribution in [0.3, 0.4) is 0 Å². The third-order valence-corrected chi connectivity index (χ3v) is 4.78. The highest BCUT2D eigenvalue weighted by atomic mass is 32.1. The van der Waals surface area contributed by atoms with Crippen molar-refractivity contribution in [3.05, 3.63) is 57.8 Å². The molecule has 0 fully saturated rings. The molecular formula is C17H20N6O2S. The van der Waals surface area contributed by atoms with Crippen LogP contribution in [-0.4, -0.2) is 51.7 Å². The third-order valence-electron chi connectivity index (χ3n) is 3.94. The Morgan fingerprint density at radius 1 is 1.12 bits per heavy atom. The molecule has 0 unspecified atom stereocenters. The first-order chi connectivity index (χ1) is 12.5. The van der Waals surface area contributed by atoms with Crippen LogP contribution in [0.4, 0.5) is 5.69 Å². The zero-order valence-electron chi connectivity index (χ0n) is 14.9. The second-order valence-corrected chi connectivity index (χ2v) is 7.02. The highest BCUT2D eigenvalue weighted by molar-refractivity contribution is 7.12. The number of likely N-dealkylation sites (N-methyl/N-ethyl adjacent to an activating group) is 1. The van der Waals surface area contributed by atoms with Gasteiger partial charge in [0.05, 0.1) is 0 Å². The average Bonchev–Trinajstić information content (AvgIpc) is 3.26. The molecule has 3 rings (SSSR count). The minimum Gasteiger partial charge on any atom is -0.378 e. The molecule has 136 valence electrons. The molecule has 8 nitrogen and oxygen atoms in total. The van der Waals surface area contributed by atoms with E-state index in [9.17, 15) is 9.59 Å². The van der Waals surface area contributed by atoms with Gasteiger partial charge >= 0.3 is 5.69 Å². The van der Waals surface area contributed by atoms with E-state index in [1.807, 2.05) is 54.7 Å². The van der Waals surface area contributed by atoms with Gasteiger partial charge < -0.3 is 9.80 Å². The van der Waals surface area contributed by atoms with Crippen molar-refractivity contribution in [2.45, 2.75) is 13.1 Å². The number of thiophene rings is 1. The first kappa shape index (κ1) is 17.9. The third kappa shape index (κ3) is 3.83. The summed E-state index contributed by atoms with van der Waals surface area (Å²) in [5.74, 6) is -0.206. The van der Waals surface area contributed by atoms with Gasteiger partial charge in [-0.2, -0.15) is 9.36 Å². The van der Waals surface area contributed by atoms with Crippen LogP contribution in [-0.2, 0) is 17.9 Å². The van der Waals surface area contributed by atoms with Crippen LogP contribution >= 0.6 is 11.3 Å². The molecule has 0 saturated heterocycles. The molecule has 0 spiro atoms. The quantitative estimate of drug-likeness (QED) is 0.650. The lowest BCUT2D eigenvalue weighted by atomic mass is 10.2. The van der Waals surface area contributed by atoms with Crippen molar-refractivity contribution in [1.29, 1.82) is 0 Å². The molecule has 0 atom stereocenters. The topological polar surface area (TPSA) is 76.3 Å². The summed E-state index contributed by atoms with van der Waals surface area (Å²) >= 11 is 1.38. The van der Waals surface area contributed by atoms with Crippen molar-refractivity contribution in [3.63, 3.8) is 0 Å². The van der Waals surface area contributed by atoms with Gasteiger partial charge in [-0.1, -0.05) is 12.1 Å². The van der Waals surface area contributed by atoms with Crippen LogP contribution in [0.25, 0.3) is 5.00 Å². The maximum atomic E-state index is 12.4. The molecule has 0 aliphatic carbocycles. The monoisotopic (exact) mass is 372 g/mol. The largest absolute Gasteiger partial charge is 0.378 e. The zero-order valence-corrected chi connectivity index (χ0v) is 15.7. The molecule has 9 heteroatoms. The highest BCUT2D eigenvalue weighted by Crippen LogP contribution is 2.13. The normalized spacial score (nSPS) is 10.7. The molecule has 0 saturated carbocycles. The summed E-state index contributed by atoms with van der Waals surface area (Å²) in [7, 11) is 5.66. The molecule has 26 heavy (non-hydrogen) atoms. The molecule has 3 aromatic rings. The summed E-state index contributed by atoms with van der Waals surface area (Å²) in [6.45, 7) is 0.316. The molecule has 1 amide bonds. The van der Waals surface area contributed by atoms with E-state index in [0.29, 0.717) is 11.5 Å². The van der Waals surface area contributed by atoms with Crippen LogP contribution in [0.1, 0.15) is 5.56 Å². The number of carbonyl (C=O) groups is 1. The van der Waals surface area contributed by atoms with Crippen LogP contribution in [0, 0.1) is 0 Å². The minimum atomic E-state index is -0.426. The second-order valence-electron chi connectivity index (χ2n) is 6.09. The maximum Gasteiger partial charge on any atom is 0.369 e. The molecule has 0 N–H and O–H groups in total. The summed E-state index contributed by atoms with van der Waals surface area (Å²) in [5, 5.41) is 10.2. The van der Waals surface area contributed by atoms with E-state index in [1.165, 1.54) is 16.0 Å². The number of hydrogen-bond acceptors (Lipinski definition) is 6. The Kier molecular flexibility index (Phi) is 5.17. The van der Waals surface area contributed by atoms with Crippen molar-refractivity contribution in [2.75, 3.05) is 26.0 Å². The number of rotatable bonds is 6. The number of amides is 1. The number of nitrogens with zero attached hydrogens (tertiary/aromatic N) is 6. The summed E-state index contributed by atoms with van der Waals surface area (Å²) in [6.07, 6.45) is 0. The first-order valence-corrected chi connectivity index (χ1v) is 8.90. The van der Waals surface area contributed by atoms with Crippen molar-refractivity contribution < 1.29 is 4.79 Å². The average molecular weight is 372 g/mol. The first-order valence-electron chi connectivity index (χ1n) is 8.02. The van der Waals surface area contributed by atoms with Gasteiger partial charge in [0.2, 0.25) is 5.91 Å². The number of carbonyl (C=O) groups excluding carboxylic acids is 1. The van der Waals surface area contributed by atoms with Crippen molar-refractivity contribution in [3.8, 4) is 5.00 Å². The maximum absolute atomic E-state index is 12.4. The number of aromatic nitrogens is 4. The lowest BCUT2D eigenvalue weighted by Gasteiger charge is -2.18. The standard InChI is InChI=1S/C17H20N6O2S/c1-20(2)14-8-6-13(7-9-14)11-21(3)15(24)12-22-17(25)23(19-18-22)16-5-4-10-26-16/h4-10H,11-12H2,1-3H3. The predicted molar refractivity (Wildman–Crippen MR) is 101 cm³/mol. The number of benzene rings is 1. The molecule has 0 aliphatic heterocycles. The molecule has 2 aromatic heterocycles. The van der Waals surface area contributed by atoms with E-state index in [2.05, 4.69) is 10.4 Å². The summed E-state index contributed by atoms with van der Waals surface area (Å²) in [4.78, 5) is 28.3. The van der Waals surface area contributed by atoms with Crippen LogP contribution in [0.2, 0.25) is 0 Å². The van der Waals surface area contributed by atoms with E-state index >= 15 is 0 Å². The number of tetrazole rings is 1. The summed E-state index contributed by atoms with van der Waals surface area (Å²) in [6, 6.07) is 11.6. The lowest BCUT2D eigenvalue weighted by Crippen LogP contribution is -2.34. The Balaban J connectivity index is 1.65. The van der Waals surface area contributed by atoms with Crippen LogP contribution in [0.5, 0.6) is 0 Å². The van der Waals surface area contributed by atoms with Crippen molar-refractivity contribution >= 4 is 22.9 Å². The van der Waals surface area contributed by atoms with Gasteiger partial charge in [-0.15, -0.1) is 11.3 Å². The lowest BCUT2D eigenvalue weighted by molar-refractivity contribution is -0.131. The van der Waals surface area contributed by atoms with Gasteiger partial charge in [-0.25, -0.2) is 4.79 Å². The smallest absolute Gasteiger partial charge is 0.369 e. The molecule has 2 heterocycles. The van der Waals surface area contributed by atoms with E-state index < -0.39 is 5.69 Å². The Morgan fingerprint density at radius 2 is 1.85 bits per heavy atom. The SMILES string of the molecule is CN(Cc1ccc(N(C)C)cc1)C(=O)Cn1nnn(-c2cccs2)c1=O. The van der Waals surface area contributed by atoms with Gasteiger partial charge in [0.15, 0.2) is 0 Å². The van der Waals surface area contributed by atoms with Crippen molar-refractivity contribution in [1.82, 2.24) is 24.7 Å². The Bertz CT molecular complexity index is 927. The minimum absolute atomic E-state index is 0.142. The molecule has 0 aliphatic rings. The van der Waals surface area contributed by atoms with E-state index in [0.717, 1.165) is 15.9 Å². The van der Waals surface area contributed by atoms with Gasteiger partial charge in [-0.05, 0) is 45.6 Å².